The van der Waals surface area contributed by atoms with E-state index in [-0.39, 0.29) is 11.4 Å². The Balaban J connectivity index is 1.62. The molecular weight excluding hydrogens is 377 g/mol. The van der Waals surface area contributed by atoms with Gasteiger partial charge < -0.3 is 4.74 Å². The van der Waals surface area contributed by atoms with Gasteiger partial charge in [0.15, 0.2) is 5.82 Å². The third-order valence-corrected chi connectivity index (χ3v) is 5.00. The van der Waals surface area contributed by atoms with Crippen molar-refractivity contribution in [3.05, 3.63) is 74.8 Å². The van der Waals surface area contributed by atoms with Crippen molar-refractivity contribution in [2.24, 2.45) is 5.92 Å². The Bertz CT molecular complexity index is 1210. The lowest BCUT2D eigenvalue weighted by molar-refractivity contribution is 0.271. The van der Waals surface area contributed by atoms with Crippen LogP contribution in [-0.4, -0.2) is 21.2 Å². The minimum Gasteiger partial charge on any atom is -0.493 e. The first-order valence-electron chi connectivity index (χ1n) is 8.90. The zero-order valence-corrected chi connectivity index (χ0v) is 16.2. The van der Waals surface area contributed by atoms with Crippen LogP contribution in [0.25, 0.3) is 22.4 Å². The number of benzene rings is 2. The van der Waals surface area contributed by atoms with E-state index in [9.17, 15) is 9.18 Å². The van der Waals surface area contributed by atoms with E-state index in [4.69, 9.17) is 4.74 Å². The summed E-state index contributed by atoms with van der Waals surface area (Å²) in [6, 6.07) is 13.5. The Labute approximate surface area is 164 Å². The lowest BCUT2D eigenvalue weighted by Crippen LogP contribution is -2.23. The van der Waals surface area contributed by atoms with Gasteiger partial charge in [-0.1, -0.05) is 37.3 Å². The number of hydrogen-bond acceptors (Lipinski definition) is 5. The van der Waals surface area contributed by atoms with Gasteiger partial charge in [0, 0.05) is 5.56 Å². The van der Waals surface area contributed by atoms with Gasteiger partial charge in [-0.3, -0.25) is 4.79 Å². The van der Waals surface area contributed by atoms with Gasteiger partial charge in [-0.2, -0.15) is 9.50 Å². The first kappa shape index (κ1) is 18.3. The number of halogens is 1. The smallest absolute Gasteiger partial charge is 0.291 e. The van der Waals surface area contributed by atoms with Crippen molar-refractivity contribution >= 4 is 22.4 Å². The van der Waals surface area contributed by atoms with Crippen molar-refractivity contribution in [2.45, 2.75) is 13.8 Å². The predicted molar refractivity (Wildman–Crippen MR) is 108 cm³/mol. The Kier molecular flexibility index (Phi) is 4.92. The monoisotopic (exact) mass is 395 g/mol. The molecule has 0 aliphatic carbocycles. The average Bonchev–Trinajstić information content (AvgIpc) is 3.22. The normalized spacial score (nSPS) is 12.2. The maximum absolute atomic E-state index is 13.0. The second-order valence-corrected chi connectivity index (χ2v) is 7.84. The summed E-state index contributed by atoms with van der Waals surface area (Å²) < 4.78 is 20.5. The molecule has 0 aliphatic heterocycles. The standard InChI is InChI=1S/C21H18FN3O2S/c1-13(2)12-27-17-9-5-15(6-10-17)19-23-21-25(24-19)20(26)18(28-21)11-14-3-7-16(22)8-4-14/h3-11,13H,12H2,1-2H3/b18-11-. The maximum Gasteiger partial charge on any atom is 0.291 e. The first-order valence-corrected chi connectivity index (χ1v) is 9.71. The van der Waals surface area contributed by atoms with Crippen LogP contribution in [0.2, 0.25) is 0 Å². The number of hydrogen-bond donors (Lipinski definition) is 0. The summed E-state index contributed by atoms with van der Waals surface area (Å²) in [5.41, 5.74) is 1.33. The van der Waals surface area contributed by atoms with E-state index < -0.39 is 0 Å². The molecule has 0 saturated carbocycles. The van der Waals surface area contributed by atoms with Gasteiger partial charge in [0.05, 0.1) is 11.1 Å². The van der Waals surface area contributed by atoms with E-state index in [1.54, 1.807) is 18.2 Å². The Hall–Kier alpha value is -3.06. The van der Waals surface area contributed by atoms with Crippen LogP contribution < -0.4 is 14.8 Å². The topological polar surface area (TPSA) is 56.5 Å². The number of nitrogens with zero attached hydrogens (tertiary/aromatic N) is 3. The molecule has 0 amide bonds. The van der Waals surface area contributed by atoms with Gasteiger partial charge in [0.2, 0.25) is 4.96 Å². The van der Waals surface area contributed by atoms with Crippen LogP contribution in [0.4, 0.5) is 4.39 Å². The highest BCUT2D eigenvalue weighted by atomic mass is 32.1. The molecule has 0 atom stereocenters. The van der Waals surface area contributed by atoms with Crippen molar-refractivity contribution in [1.82, 2.24) is 14.6 Å². The second-order valence-electron chi connectivity index (χ2n) is 6.83. The molecule has 7 heteroatoms. The molecule has 0 bridgehead atoms. The summed E-state index contributed by atoms with van der Waals surface area (Å²) in [7, 11) is 0. The van der Waals surface area contributed by atoms with Crippen LogP contribution in [0, 0.1) is 11.7 Å². The van der Waals surface area contributed by atoms with E-state index in [2.05, 4.69) is 23.9 Å². The lowest BCUT2D eigenvalue weighted by atomic mass is 10.2. The Morgan fingerprint density at radius 3 is 2.50 bits per heavy atom. The fraction of sp³-hybridized carbons (Fsp3) is 0.190. The fourth-order valence-corrected chi connectivity index (χ4v) is 3.54. The molecule has 0 saturated heterocycles. The van der Waals surface area contributed by atoms with Gasteiger partial charge in [0.1, 0.15) is 11.6 Å². The number of ether oxygens (including phenoxy) is 1. The van der Waals surface area contributed by atoms with Crippen molar-refractivity contribution < 1.29 is 9.13 Å². The molecule has 0 fully saturated rings. The molecule has 5 nitrogen and oxygen atoms in total. The van der Waals surface area contributed by atoms with E-state index in [1.807, 2.05) is 24.3 Å². The molecule has 2 aromatic carbocycles. The van der Waals surface area contributed by atoms with Crippen LogP contribution in [0.15, 0.2) is 53.3 Å². The third kappa shape index (κ3) is 3.80. The number of fused-ring (bicyclic) bond motifs is 1. The molecule has 28 heavy (non-hydrogen) atoms. The second kappa shape index (κ2) is 7.52. The molecule has 4 rings (SSSR count). The van der Waals surface area contributed by atoms with Gasteiger partial charge in [-0.25, -0.2) is 4.39 Å². The number of thiazole rings is 1. The molecule has 0 aliphatic rings. The predicted octanol–water partition coefficient (Wildman–Crippen LogP) is 3.54. The summed E-state index contributed by atoms with van der Waals surface area (Å²) in [4.78, 5) is 17.6. The zero-order valence-electron chi connectivity index (χ0n) is 15.4. The highest BCUT2D eigenvalue weighted by molar-refractivity contribution is 7.15. The molecule has 0 N–H and O–H groups in total. The van der Waals surface area contributed by atoms with Gasteiger partial charge in [-0.15, -0.1) is 5.10 Å². The summed E-state index contributed by atoms with van der Waals surface area (Å²) >= 11 is 1.26. The summed E-state index contributed by atoms with van der Waals surface area (Å²) in [6.45, 7) is 4.85. The molecule has 142 valence electrons. The van der Waals surface area contributed by atoms with E-state index in [0.717, 1.165) is 16.9 Å². The zero-order chi connectivity index (χ0) is 19.7. The van der Waals surface area contributed by atoms with E-state index in [1.165, 1.54) is 28.0 Å². The van der Waals surface area contributed by atoms with Crippen molar-refractivity contribution in [3.8, 4) is 17.1 Å². The fourth-order valence-electron chi connectivity index (χ4n) is 2.63. The van der Waals surface area contributed by atoms with Crippen molar-refractivity contribution in [1.29, 1.82) is 0 Å². The molecule has 2 heterocycles. The molecule has 0 spiro atoms. The van der Waals surface area contributed by atoms with E-state index >= 15 is 0 Å². The van der Waals surface area contributed by atoms with Crippen LogP contribution in [0.3, 0.4) is 0 Å². The van der Waals surface area contributed by atoms with Crippen LogP contribution in [0.1, 0.15) is 19.4 Å². The van der Waals surface area contributed by atoms with Gasteiger partial charge >= 0.3 is 0 Å². The first-order chi connectivity index (χ1) is 13.5. The van der Waals surface area contributed by atoms with Gasteiger partial charge in [0.25, 0.3) is 5.56 Å². The van der Waals surface area contributed by atoms with Crippen LogP contribution in [0.5, 0.6) is 5.75 Å². The van der Waals surface area contributed by atoms with Crippen LogP contribution >= 0.6 is 11.3 Å². The molecule has 0 radical (unpaired) electrons. The number of rotatable bonds is 5. The molecule has 2 aromatic heterocycles. The van der Waals surface area contributed by atoms with Crippen LogP contribution in [-0.2, 0) is 0 Å². The van der Waals surface area contributed by atoms with E-state index in [0.29, 0.717) is 27.8 Å². The molecule has 0 unspecified atom stereocenters. The van der Waals surface area contributed by atoms with Crippen molar-refractivity contribution in [3.63, 3.8) is 0 Å². The Morgan fingerprint density at radius 2 is 1.86 bits per heavy atom. The molecule has 4 aromatic rings. The summed E-state index contributed by atoms with van der Waals surface area (Å²) in [6.07, 6.45) is 1.71. The molecular formula is C21H18FN3O2S. The summed E-state index contributed by atoms with van der Waals surface area (Å²) in [5, 5.41) is 4.35. The maximum atomic E-state index is 13.0. The van der Waals surface area contributed by atoms with Gasteiger partial charge in [-0.05, 0) is 54.0 Å². The highest BCUT2D eigenvalue weighted by Gasteiger charge is 2.12. The summed E-state index contributed by atoms with van der Waals surface area (Å²) in [5.74, 6) is 1.43. The van der Waals surface area contributed by atoms with Crippen molar-refractivity contribution in [2.75, 3.05) is 6.61 Å². The third-order valence-electron chi connectivity index (χ3n) is 4.05. The average molecular weight is 395 g/mol. The Morgan fingerprint density at radius 1 is 1.14 bits per heavy atom. The lowest BCUT2D eigenvalue weighted by Gasteiger charge is -2.08. The highest BCUT2D eigenvalue weighted by Crippen LogP contribution is 2.20. The minimum atomic E-state index is -0.313. The quantitative estimate of drug-likeness (QED) is 0.519. The SMILES string of the molecule is CC(C)COc1ccc(-c2nc3s/c(=C\c4ccc(F)cc4)c(=O)n3n2)cc1. The largest absolute Gasteiger partial charge is 0.493 e. The minimum absolute atomic E-state index is 0.236. The number of aromatic nitrogens is 3.